The monoisotopic (exact) mass is 323 g/mol. The van der Waals surface area contributed by atoms with Crippen LogP contribution in [0.1, 0.15) is 9.67 Å². The molecule has 112 valence electrons. The van der Waals surface area contributed by atoms with Gasteiger partial charge in [-0.2, -0.15) is 11.3 Å². The first-order valence-corrected chi connectivity index (χ1v) is 8.65. The Hall–Kier alpha value is -1.28. The molecule has 0 atom stereocenters. The summed E-state index contributed by atoms with van der Waals surface area (Å²) < 4.78 is 0. The maximum absolute atomic E-state index is 12.5. The fraction of sp³-hybridized carbons (Fsp3) is 0.429. The molecule has 1 fully saturated rings. The molecule has 2 aromatic heterocycles. The second-order valence-electron chi connectivity index (χ2n) is 4.90. The van der Waals surface area contributed by atoms with Gasteiger partial charge in [0.15, 0.2) is 0 Å². The zero-order valence-corrected chi connectivity index (χ0v) is 13.2. The maximum atomic E-state index is 12.5. The van der Waals surface area contributed by atoms with Gasteiger partial charge in [-0.1, -0.05) is 0 Å². The van der Waals surface area contributed by atoms with Gasteiger partial charge in [-0.25, -0.2) is 4.98 Å². The lowest BCUT2D eigenvalue weighted by Crippen LogP contribution is -2.49. The molecule has 1 saturated heterocycles. The van der Waals surface area contributed by atoms with E-state index in [0.29, 0.717) is 24.5 Å². The highest BCUT2D eigenvalue weighted by Crippen LogP contribution is 2.27. The summed E-state index contributed by atoms with van der Waals surface area (Å²) in [7, 11) is 0. The predicted molar refractivity (Wildman–Crippen MR) is 84.9 cm³/mol. The van der Waals surface area contributed by atoms with E-state index in [2.05, 4.69) is 9.88 Å². The van der Waals surface area contributed by atoms with Crippen LogP contribution >= 0.6 is 22.7 Å². The summed E-state index contributed by atoms with van der Waals surface area (Å²) in [5, 5.41) is 13.9. The fourth-order valence-electron chi connectivity index (χ4n) is 2.36. The SMILES string of the molecule is O=C(c1cnc(-c2ccsc2)s1)N1CCN(CCO)CC1. The number of piperazine rings is 1. The molecule has 1 amide bonds. The fourth-order valence-corrected chi connectivity index (χ4v) is 3.96. The summed E-state index contributed by atoms with van der Waals surface area (Å²) in [6.45, 7) is 3.93. The molecule has 0 bridgehead atoms. The van der Waals surface area contributed by atoms with E-state index >= 15 is 0 Å². The highest BCUT2D eigenvalue weighted by atomic mass is 32.1. The van der Waals surface area contributed by atoms with Crippen LogP contribution in [0, 0.1) is 0 Å². The molecule has 0 aromatic carbocycles. The molecule has 7 heteroatoms. The molecular weight excluding hydrogens is 306 g/mol. The Kier molecular flexibility index (Phi) is 4.64. The van der Waals surface area contributed by atoms with Crippen LogP contribution in [0.3, 0.4) is 0 Å². The van der Waals surface area contributed by atoms with Crippen LogP contribution in [0.25, 0.3) is 10.6 Å². The van der Waals surface area contributed by atoms with E-state index < -0.39 is 0 Å². The number of carbonyl (C=O) groups is 1. The zero-order valence-electron chi connectivity index (χ0n) is 11.6. The summed E-state index contributed by atoms with van der Waals surface area (Å²) >= 11 is 3.08. The molecule has 21 heavy (non-hydrogen) atoms. The third kappa shape index (κ3) is 3.32. The van der Waals surface area contributed by atoms with Crippen molar-refractivity contribution in [2.45, 2.75) is 0 Å². The summed E-state index contributed by atoms with van der Waals surface area (Å²) in [4.78, 5) is 21.6. The number of nitrogens with zero attached hydrogens (tertiary/aromatic N) is 3. The minimum Gasteiger partial charge on any atom is -0.395 e. The van der Waals surface area contributed by atoms with E-state index in [0.717, 1.165) is 23.7 Å². The van der Waals surface area contributed by atoms with E-state index in [1.807, 2.05) is 21.7 Å². The van der Waals surface area contributed by atoms with E-state index in [1.54, 1.807) is 17.5 Å². The molecule has 0 saturated carbocycles. The van der Waals surface area contributed by atoms with Gasteiger partial charge in [0.2, 0.25) is 0 Å². The predicted octanol–water partition coefficient (Wildman–Crippen LogP) is 1.62. The highest BCUT2D eigenvalue weighted by Gasteiger charge is 2.23. The lowest BCUT2D eigenvalue weighted by atomic mass is 10.3. The van der Waals surface area contributed by atoms with Gasteiger partial charge in [0.05, 0.1) is 12.8 Å². The van der Waals surface area contributed by atoms with Crippen molar-refractivity contribution in [3.8, 4) is 10.6 Å². The van der Waals surface area contributed by atoms with Gasteiger partial charge in [-0.3, -0.25) is 9.69 Å². The van der Waals surface area contributed by atoms with Gasteiger partial charge in [-0.15, -0.1) is 11.3 Å². The number of thiophene rings is 1. The number of aliphatic hydroxyl groups excluding tert-OH is 1. The lowest BCUT2D eigenvalue weighted by Gasteiger charge is -2.34. The standard InChI is InChI=1S/C14H17N3O2S2/c18-7-6-16-2-4-17(5-3-16)14(19)12-9-15-13(21-12)11-1-8-20-10-11/h1,8-10,18H,2-7H2. The van der Waals surface area contributed by atoms with Gasteiger partial charge in [0.1, 0.15) is 9.88 Å². The minimum atomic E-state index is 0.0672. The summed E-state index contributed by atoms with van der Waals surface area (Å²) in [6.07, 6.45) is 1.68. The van der Waals surface area contributed by atoms with Crippen molar-refractivity contribution in [1.82, 2.24) is 14.8 Å². The Morgan fingerprint density at radius 2 is 2.14 bits per heavy atom. The van der Waals surface area contributed by atoms with E-state index in [-0.39, 0.29) is 12.5 Å². The number of rotatable bonds is 4. The third-order valence-electron chi connectivity index (χ3n) is 3.56. The molecule has 3 heterocycles. The molecule has 1 aliphatic rings. The molecule has 0 aliphatic carbocycles. The van der Waals surface area contributed by atoms with Gasteiger partial charge >= 0.3 is 0 Å². The van der Waals surface area contributed by atoms with E-state index in [1.165, 1.54) is 11.3 Å². The second kappa shape index (κ2) is 6.65. The smallest absolute Gasteiger partial charge is 0.265 e. The lowest BCUT2D eigenvalue weighted by molar-refractivity contribution is 0.0619. The molecule has 1 aliphatic heterocycles. The Bertz CT molecular complexity index is 589. The van der Waals surface area contributed by atoms with Gasteiger partial charge in [0.25, 0.3) is 5.91 Å². The van der Waals surface area contributed by atoms with Crippen molar-refractivity contribution in [1.29, 1.82) is 0 Å². The summed E-state index contributed by atoms with van der Waals surface area (Å²) in [6, 6.07) is 2.02. The number of aromatic nitrogens is 1. The van der Waals surface area contributed by atoms with Gasteiger partial charge in [-0.05, 0) is 11.4 Å². The van der Waals surface area contributed by atoms with Crippen LogP contribution in [-0.4, -0.2) is 65.1 Å². The van der Waals surface area contributed by atoms with E-state index in [9.17, 15) is 4.79 Å². The first-order valence-electron chi connectivity index (χ1n) is 6.89. The van der Waals surface area contributed by atoms with Crippen LogP contribution in [0.5, 0.6) is 0 Å². The Labute approximate surface area is 131 Å². The number of thiazole rings is 1. The molecular formula is C14H17N3O2S2. The number of aliphatic hydroxyl groups is 1. The summed E-state index contributed by atoms with van der Waals surface area (Å²) in [5.41, 5.74) is 1.08. The number of β-amino-alcohol motifs (C(OH)–C–C–N with tert-alkyl or cyclic N) is 1. The third-order valence-corrected chi connectivity index (χ3v) is 5.28. The Morgan fingerprint density at radius 3 is 2.81 bits per heavy atom. The summed E-state index contributed by atoms with van der Waals surface area (Å²) in [5.74, 6) is 0.0672. The number of carbonyl (C=O) groups excluding carboxylic acids is 1. The first-order chi connectivity index (χ1) is 10.3. The first kappa shape index (κ1) is 14.6. The van der Waals surface area contributed by atoms with Crippen LogP contribution in [0.4, 0.5) is 0 Å². The van der Waals surface area contributed by atoms with E-state index in [4.69, 9.17) is 5.11 Å². The van der Waals surface area contributed by atoms with Gasteiger partial charge in [0, 0.05) is 43.7 Å². The molecule has 0 unspecified atom stereocenters. The Morgan fingerprint density at radius 1 is 1.33 bits per heavy atom. The number of hydrogen-bond donors (Lipinski definition) is 1. The second-order valence-corrected chi connectivity index (χ2v) is 6.71. The molecule has 1 N–H and O–H groups in total. The van der Waals surface area contributed by atoms with Gasteiger partial charge < -0.3 is 10.0 Å². The van der Waals surface area contributed by atoms with Crippen molar-refractivity contribution in [3.05, 3.63) is 27.9 Å². The van der Waals surface area contributed by atoms with Crippen molar-refractivity contribution in [2.75, 3.05) is 39.3 Å². The minimum absolute atomic E-state index is 0.0672. The highest BCUT2D eigenvalue weighted by molar-refractivity contribution is 7.17. The molecule has 2 aromatic rings. The molecule has 0 radical (unpaired) electrons. The molecule has 5 nitrogen and oxygen atoms in total. The maximum Gasteiger partial charge on any atom is 0.265 e. The average molecular weight is 323 g/mol. The number of hydrogen-bond acceptors (Lipinski definition) is 6. The van der Waals surface area contributed by atoms with Crippen LogP contribution in [-0.2, 0) is 0 Å². The topological polar surface area (TPSA) is 56.7 Å². The normalized spacial score (nSPS) is 16.3. The quantitative estimate of drug-likeness (QED) is 0.929. The van der Waals surface area contributed by atoms with Crippen LogP contribution < -0.4 is 0 Å². The Balaban J connectivity index is 1.64. The van der Waals surface area contributed by atoms with Crippen molar-refractivity contribution < 1.29 is 9.90 Å². The number of amides is 1. The molecule has 0 spiro atoms. The largest absolute Gasteiger partial charge is 0.395 e. The van der Waals surface area contributed by atoms with Crippen LogP contribution in [0.2, 0.25) is 0 Å². The zero-order chi connectivity index (χ0) is 14.7. The average Bonchev–Trinajstić information content (AvgIpc) is 3.19. The van der Waals surface area contributed by atoms with Crippen molar-refractivity contribution in [3.63, 3.8) is 0 Å². The molecule has 3 rings (SSSR count). The van der Waals surface area contributed by atoms with Crippen molar-refractivity contribution >= 4 is 28.6 Å². The van der Waals surface area contributed by atoms with Crippen molar-refractivity contribution in [2.24, 2.45) is 0 Å². The van der Waals surface area contributed by atoms with Crippen LogP contribution in [0.15, 0.2) is 23.0 Å².